The summed E-state index contributed by atoms with van der Waals surface area (Å²) in [6, 6.07) is 2.51. The molecular weight excluding hydrogens is 264 g/mol. The molecule has 0 unspecified atom stereocenters. The zero-order valence-corrected chi connectivity index (χ0v) is 13.7. The zero-order chi connectivity index (χ0) is 14.4. The van der Waals surface area contributed by atoms with Crippen LogP contribution in [-0.2, 0) is 4.79 Å². The van der Waals surface area contributed by atoms with Crippen LogP contribution in [0.25, 0.3) is 0 Å². The van der Waals surface area contributed by atoms with Crippen molar-refractivity contribution in [3.05, 3.63) is 12.7 Å². The fraction of sp³-hybridized carbons (Fsp3) is 0.824. The normalized spacial score (nSPS) is 29.2. The summed E-state index contributed by atoms with van der Waals surface area (Å²) in [4.78, 5) is 11.0. The molecule has 1 radical (unpaired) electrons. The van der Waals surface area contributed by atoms with Crippen LogP contribution in [0.3, 0.4) is 0 Å². The highest BCUT2D eigenvalue weighted by Gasteiger charge is 2.33. The lowest BCUT2D eigenvalue weighted by atomic mass is 9.85. The van der Waals surface area contributed by atoms with Crippen molar-refractivity contribution in [3.8, 4) is 0 Å². The van der Waals surface area contributed by atoms with E-state index >= 15 is 0 Å². The lowest BCUT2D eigenvalue weighted by molar-refractivity contribution is -0.142. The number of carboxylic acid groups (broad SMARTS) is 1. The minimum absolute atomic E-state index is 0.0287. The standard InChI is InChI=1S/C17H29O2Si/c1-2-3-4-5-14-6-8-16(9-7-14)20-12-10-15(11-13-20)17(18)19/h2,14-16H,1,3-13H2,(H,18,19). The van der Waals surface area contributed by atoms with Gasteiger partial charge in [-0.1, -0.05) is 50.3 Å². The number of carbonyl (C=O) groups is 1. The van der Waals surface area contributed by atoms with Crippen molar-refractivity contribution < 1.29 is 9.90 Å². The number of allylic oxidation sites excluding steroid dienone is 1. The average molecular weight is 294 g/mol. The van der Waals surface area contributed by atoms with E-state index in [2.05, 4.69) is 6.58 Å². The number of carboxylic acids is 1. The summed E-state index contributed by atoms with van der Waals surface area (Å²) in [5.41, 5.74) is 0.991. The molecule has 0 aromatic carbocycles. The van der Waals surface area contributed by atoms with E-state index in [1.54, 1.807) is 0 Å². The third-order valence-corrected chi connectivity index (χ3v) is 9.02. The van der Waals surface area contributed by atoms with E-state index in [0.29, 0.717) is 0 Å². The lowest BCUT2D eigenvalue weighted by Crippen LogP contribution is -2.31. The number of hydrogen-bond donors (Lipinski definition) is 1. The van der Waals surface area contributed by atoms with Gasteiger partial charge in [0.15, 0.2) is 0 Å². The molecule has 2 rings (SSSR count). The number of rotatable bonds is 6. The second kappa shape index (κ2) is 8.01. The van der Waals surface area contributed by atoms with Crippen molar-refractivity contribution in [2.75, 3.05) is 0 Å². The molecule has 1 saturated carbocycles. The first-order chi connectivity index (χ1) is 9.70. The summed E-state index contributed by atoms with van der Waals surface area (Å²) in [6.07, 6.45) is 13.6. The molecule has 0 spiro atoms. The monoisotopic (exact) mass is 293 g/mol. The Morgan fingerprint density at radius 1 is 1.15 bits per heavy atom. The molecule has 2 nitrogen and oxygen atoms in total. The van der Waals surface area contributed by atoms with Crippen LogP contribution in [-0.4, -0.2) is 19.9 Å². The van der Waals surface area contributed by atoms with Crippen molar-refractivity contribution in [1.29, 1.82) is 0 Å². The summed E-state index contributed by atoms with van der Waals surface area (Å²) < 4.78 is 0. The second-order valence-corrected chi connectivity index (χ2v) is 9.84. The topological polar surface area (TPSA) is 37.3 Å². The minimum Gasteiger partial charge on any atom is -0.481 e. The van der Waals surface area contributed by atoms with Crippen LogP contribution >= 0.6 is 0 Å². The quantitative estimate of drug-likeness (QED) is 0.430. The molecule has 1 heterocycles. The molecule has 0 atom stereocenters. The second-order valence-electron chi connectivity index (χ2n) is 6.71. The minimum atomic E-state index is -0.558. The Kier molecular flexibility index (Phi) is 6.33. The van der Waals surface area contributed by atoms with E-state index in [1.807, 2.05) is 6.08 Å². The van der Waals surface area contributed by atoms with Crippen molar-refractivity contribution in [2.24, 2.45) is 11.8 Å². The molecule has 0 aromatic rings. The van der Waals surface area contributed by atoms with Gasteiger partial charge in [0.25, 0.3) is 0 Å². The van der Waals surface area contributed by atoms with E-state index in [1.165, 1.54) is 57.0 Å². The van der Waals surface area contributed by atoms with Gasteiger partial charge in [0.2, 0.25) is 0 Å². The molecule has 0 amide bonds. The van der Waals surface area contributed by atoms with Crippen molar-refractivity contribution >= 4 is 14.8 Å². The first-order valence-corrected chi connectivity index (χ1v) is 10.4. The Balaban J connectivity index is 1.67. The molecule has 1 saturated heterocycles. The number of aliphatic carboxylic acids is 1. The Bertz CT molecular complexity index is 313. The van der Waals surface area contributed by atoms with Gasteiger partial charge in [0, 0.05) is 0 Å². The molecule has 20 heavy (non-hydrogen) atoms. The van der Waals surface area contributed by atoms with E-state index < -0.39 is 5.97 Å². The first-order valence-electron chi connectivity index (χ1n) is 8.39. The molecular formula is C17H29O2Si. The third-order valence-electron chi connectivity index (χ3n) is 5.42. The van der Waals surface area contributed by atoms with E-state index in [4.69, 9.17) is 5.11 Å². The molecule has 1 aliphatic heterocycles. The Hall–Kier alpha value is -0.573. The Morgan fingerprint density at radius 2 is 1.80 bits per heavy atom. The zero-order valence-electron chi connectivity index (χ0n) is 12.7. The van der Waals surface area contributed by atoms with E-state index in [-0.39, 0.29) is 14.7 Å². The molecule has 0 aromatic heterocycles. The summed E-state index contributed by atoms with van der Waals surface area (Å²) in [6.45, 7) is 3.80. The molecule has 113 valence electrons. The smallest absolute Gasteiger partial charge is 0.306 e. The van der Waals surface area contributed by atoms with Gasteiger partial charge in [-0.2, -0.15) is 0 Å². The summed E-state index contributed by atoms with van der Waals surface area (Å²) in [5.74, 6) is 0.375. The maximum Gasteiger partial charge on any atom is 0.306 e. The predicted molar refractivity (Wildman–Crippen MR) is 85.5 cm³/mol. The fourth-order valence-electron chi connectivity index (χ4n) is 4.05. The third kappa shape index (κ3) is 4.47. The van der Waals surface area contributed by atoms with Gasteiger partial charge in [0.1, 0.15) is 0 Å². The van der Waals surface area contributed by atoms with Gasteiger partial charge in [0.05, 0.1) is 14.7 Å². The van der Waals surface area contributed by atoms with Gasteiger partial charge in [-0.25, -0.2) is 0 Å². The molecule has 1 N–H and O–H groups in total. The highest BCUT2D eigenvalue weighted by molar-refractivity contribution is 6.60. The van der Waals surface area contributed by atoms with Crippen molar-refractivity contribution in [2.45, 2.75) is 75.4 Å². The van der Waals surface area contributed by atoms with E-state index in [0.717, 1.165) is 24.3 Å². The Labute approximate surface area is 125 Å². The Morgan fingerprint density at radius 3 is 2.35 bits per heavy atom. The van der Waals surface area contributed by atoms with Crippen molar-refractivity contribution in [3.63, 3.8) is 0 Å². The highest BCUT2D eigenvalue weighted by atomic mass is 28.3. The number of unbranched alkanes of at least 4 members (excludes halogenated alkanes) is 1. The van der Waals surface area contributed by atoms with Crippen LogP contribution in [0, 0.1) is 11.8 Å². The summed E-state index contributed by atoms with van der Waals surface area (Å²) >= 11 is 0. The van der Waals surface area contributed by atoms with Crippen LogP contribution < -0.4 is 0 Å². The first kappa shape index (κ1) is 15.8. The van der Waals surface area contributed by atoms with Crippen LogP contribution in [0.5, 0.6) is 0 Å². The van der Waals surface area contributed by atoms with Crippen LogP contribution in [0.15, 0.2) is 12.7 Å². The maximum absolute atomic E-state index is 11.0. The molecule has 1 aliphatic carbocycles. The summed E-state index contributed by atoms with van der Waals surface area (Å²) in [5, 5.41) is 9.08. The average Bonchev–Trinajstić information content (AvgIpc) is 2.48. The van der Waals surface area contributed by atoms with Gasteiger partial charge in [-0.3, -0.25) is 4.79 Å². The van der Waals surface area contributed by atoms with Crippen molar-refractivity contribution in [1.82, 2.24) is 0 Å². The maximum atomic E-state index is 11.0. The van der Waals surface area contributed by atoms with Gasteiger partial charge >= 0.3 is 5.97 Å². The lowest BCUT2D eigenvalue weighted by Gasteiger charge is -2.36. The number of hydrogen-bond acceptors (Lipinski definition) is 1. The molecule has 0 bridgehead atoms. The predicted octanol–water partition coefficient (Wildman–Crippen LogP) is 4.89. The largest absolute Gasteiger partial charge is 0.481 e. The van der Waals surface area contributed by atoms with Crippen LogP contribution in [0.2, 0.25) is 17.6 Å². The van der Waals surface area contributed by atoms with Gasteiger partial charge in [-0.15, -0.1) is 6.58 Å². The van der Waals surface area contributed by atoms with Crippen LogP contribution in [0.1, 0.15) is 57.8 Å². The van der Waals surface area contributed by atoms with Gasteiger partial charge in [-0.05, 0) is 37.1 Å². The van der Waals surface area contributed by atoms with Gasteiger partial charge < -0.3 is 5.11 Å². The van der Waals surface area contributed by atoms with E-state index in [9.17, 15) is 4.79 Å². The summed E-state index contributed by atoms with van der Waals surface area (Å²) in [7, 11) is -0.242. The SMILES string of the molecule is C=CCCCC1CCC([Si]2CCC(C(=O)O)CC2)CC1. The van der Waals surface area contributed by atoms with Crippen LogP contribution in [0.4, 0.5) is 0 Å². The fourth-order valence-corrected chi connectivity index (χ4v) is 7.71. The highest BCUT2D eigenvalue weighted by Crippen LogP contribution is 2.42. The molecule has 2 aliphatic rings. The molecule has 2 fully saturated rings. The molecule has 3 heteroatoms.